The van der Waals surface area contributed by atoms with Crippen LogP contribution in [-0.4, -0.2) is 60.6 Å². The van der Waals surface area contributed by atoms with Crippen molar-refractivity contribution in [3.63, 3.8) is 0 Å². The van der Waals surface area contributed by atoms with Gasteiger partial charge in [-0.2, -0.15) is 0 Å². The lowest BCUT2D eigenvalue weighted by molar-refractivity contribution is -0.127. The zero-order valence-corrected chi connectivity index (χ0v) is 14.8. The number of nitrogens with zero attached hydrogens (tertiary/aromatic N) is 1. The highest BCUT2D eigenvalue weighted by molar-refractivity contribution is 8.29. The number of carbonyl (C=O) groups excluding carboxylic acids is 2. The SMILES string of the molecule is CC(C=O)C(OS(C)(C)C(C)(C)C)C(C(N)=O)N(C)C.[HH]. The van der Waals surface area contributed by atoms with Crippen molar-refractivity contribution >= 4 is 22.5 Å². The van der Waals surface area contributed by atoms with Crippen LogP contribution in [0.3, 0.4) is 0 Å². The second-order valence-corrected chi connectivity index (χ2v) is 10.6. The Labute approximate surface area is 126 Å². The Hall–Kier alpha value is -0.590. The quantitative estimate of drug-likeness (QED) is 0.726. The minimum atomic E-state index is -1.46. The van der Waals surface area contributed by atoms with E-state index in [1.807, 2.05) is 12.5 Å². The summed E-state index contributed by atoms with van der Waals surface area (Å²) in [5, 5.41) is 0. The average Bonchev–Trinajstić information content (AvgIpc) is 2.24. The maximum atomic E-state index is 11.7. The Balaban J connectivity index is 0. The summed E-state index contributed by atoms with van der Waals surface area (Å²) in [7, 11) is 2.08. The molecule has 0 aromatic heterocycles. The van der Waals surface area contributed by atoms with E-state index in [1.54, 1.807) is 25.9 Å². The lowest BCUT2D eigenvalue weighted by Gasteiger charge is -2.48. The van der Waals surface area contributed by atoms with E-state index in [4.69, 9.17) is 9.92 Å². The minimum Gasteiger partial charge on any atom is -0.368 e. The highest BCUT2D eigenvalue weighted by Crippen LogP contribution is 2.55. The highest BCUT2D eigenvalue weighted by Gasteiger charge is 2.39. The first kappa shape index (κ1) is 19.4. The number of primary amides is 1. The van der Waals surface area contributed by atoms with Crippen molar-refractivity contribution in [2.24, 2.45) is 11.7 Å². The standard InChI is InChI=1S/C14H30N2O3S.H2/c1-10(9-17)12(11(13(15)18)16(5)6)19-20(7,8)14(2,3)4;/h9-12H,1-8H3,(H2,15,18);1H. The lowest BCUT2D eigenvalue weighted by Crippen LogP contribution is -2.53. The summed E-state index contributed by atoms with van der Waals surface area (Å²) in [6.45, 7) is 8.05. The first-order valence-electron chi connectivity index (χ1n) is 6.67. The fourth-order valence-electron chi connectivity index (χ4n) is 1.64. The molecule has 0 aliphatic carbocycles. The van der Waals surface area contributed by atoms with Crippen LogP contribution in [0, 0.1) is 5.92 Å². The van der Waals surface area contributed by atoms with Crippen LogP contribution in [0.25, 0.3) is 0 Å². The average molecular weight is 308 g/mol. The molecule has 0 saturated carbocycles. The maximum Gasteiger partial charge on any atom is 0.237 e. The Morgan fingerprint density at radius 2 is 1.80 bits per heavy atom. The van der Waals surface area contributed by atoms with Gasteiger partial charge in [0.15, 0.2) is 0 Å². The molecule has 1 amide bonds. The lowest BCUT2D eigenvalue weighted by atomic mass is 9.98. The molecular formula is C14H32N2O3S. The number of amides is 1. The van der Waals surface area contributed by atoms with Gasteiger partial charge in [-0.1, -0.05) is 27.7 Å². The minimum absolute atomic E-state index is 0. The van der Waals surface area contributed by atoms with E-state index >= 15 is 0 Å². The molecule has 5 nitrogen and oxygen atoms in total. The Morgan fingerprint density at radius 1 is 1.35 bits per heavy atom. The topological polar surface area (TPSA) is 72.6 Å². The van der Waals surface area contributed by atoms with Crippen molar-refractivity contribution in [3.05, 3.63) is 0 Å². The molecule has 3 unspecified atom stereocenters. The van der Waals surface area contributed by atoms with Crippen LogP contribution in [0.2, 0.25) is 0 Å². The molecule has 0 aromatic carbocycles. The zero-order chi connectivity index (χ0) is 16.3. The van der Waals surface area contributed by atoms with Gasteiger partial charge in [-0.05, 0) is 26.6 Å². The molecule has 2 N–H and O–H groups in total. The predicted octanol–water partition coefficient (Wildman–Crippen LogP) is 1.65. The van der Waals surface area contributed by atoms with Gasteiger partial charge in [0.2, 0.25) is 5.91 Å². The predicted molar refractivity (Wildman–Crippen MR) is 88.1 cm³/mol. The molecule has 0 heterocycles. The summed E-state index contributed by atoms with van der Waals surface area (Å²) in [5.74, 6) is -0.873. The van der Waals surface area contributed by atoms with E-state index in [9.17, 15) is 9.59 Å². The van der Waals surface area contributed by atoms with Gasteiger partial charge in [0, 0.05) is 12.1 Å². The molecule has 0 aromatic rings. The Morgan fingerprint density at radius 3 is 2.05 bits per heavy atom. The van der Waals surface area contributed by atoms with E-state index in [2.05, 4.69) is 20.8 Å². The summed E-state index contributed by atoms with van der Waals surface area (Å²) < 4.78 is 6.20. The molecule has 0 aliphatic rings. The summed E-state index contributed by atoms with van der Waals surface area (Å²) in [6, 6.07) is -0.621. The molecule has 122 valence electrons. The first-order chi connectivity index (χ1) is 8.85. The van der Waals surface area contributed by atoms with E-state index in [-0.39, 0.29) is 6.17 Å². The van der Waals surface area contributed by atoms with Gasteiger partial charge in [0.25, 0.3) is 0 Å². The molecule has 0 spiro atoms. The second-order valence-electron chi connectivity index (χ2n) is 6.71. The van der Waals surface area contributed by atoms with Crippen LogP contribution < -0.4 is 5.73 Å². The van der Waals surface area contributed by atoms with Crippen LogP contribution in [0.15, 0.2) is 0 Å². The molecule has 0 rings (SSSR count). The third kappa shape index (κ3) is 4.75. The molecule has 0 aliphatic heterocycles. The molecule has 0 fully saturated rings. The fraction of sp³-hybridized carbons (Fsp3) is 0.857. The van der Waals surface area contributed by atoms with E-state index in [0.717, 1.165) is 6.29 Å². The fourth-order valence-corrected chi connectivity index (χ4v) is 2.76. The summed E-state index contributed by atoms with van der Waals surface area (Å²) in [4.78, 5) is 24.6. The summed E-state index contributed by atoms with van der Waals surface area (Å²) in [6.07, 6.45) is 4.38. The van der Waals surface area contributed by atoms with Gasteiger partial charge >= 0.3 is 0 Å². The maximum absolute atomic E-state index is 11.7. The third-order valence-electron chi connectivity index (χ3n) is 3.72. The van der Waals surface area contributed by atoms with Gasteiger partial charge in [-0.3, -0.25) is 9.69 Å². The molecule has 0 saturated heterocycles. The van der Waals surface area contributed by atoms with Crippen LogP contribution in [-0.2, 0) is 13.8 Å². The largest absolute Gasteiger partial charge is 0.368 e. The zero-order valence-electron chi connectivity index (χ0n) is 14.0. The third-order valence-corrected chi connectivity index (χ3v) is 7.37. The molecule has 0 radical (unpaired) electrons. The van der Waals surface area contributed by atoms with Crippen LogP contribution >= 0.6 is 10.3 Å². The second kappa shape index (κ2) is 6.91. The first-order valence-corrected chi connectivity index (χ1v) is 9.04. The molecule has 6 heteroatoms. The van der Waals surface area contributed by atoms with E-state index in [0.29, 0.717) is 0 Å². The van der Waals surface area contributed by atoms with Gasteiger partial charge in [-0.15, -0.1) is 10.3 Å². The van der Waals surface area contributed by atoms with Gasteiger partial charge < -0.3 is 14.7 Å². The molecular weight excluding hydrogens is 276 g/mol. The van der Waals surface area contributed by atoms with Crippen molar-refractivity contribution in [1.29, 1.82) is 0 Å². The number of hydrogen-bond acceptors (Lipinski definition) is 4. The van der Waals surface area contributed by atoms with E-state index in [1.165, 1.54) is 0 Å². The van der Waals surface area contributed by atoms with Crippen molar-refractivity contribution in [3.8, 4) is 0 Å². The highest BCUT2D eigenvalue weighted by atomic mass is 32.3. The van der Waals surface area contributed by atoms with E-state index < -0.39 is 34.3 Å². The smallest absolute Gasteiger partial charge is 0.237 e. The number of nitrogens with two attached hydrogens (primary N) is 1. The number of hydrogen-bond donors (Lipinski definition) is 1. The van der Waals surface area contributed by atoms with Crippen molar-refractivity contribution in [1.82, 2.24) is 4.90 Å². The van der Waals surface area contributed by atoms with Crippen molar-refractivity contribution < 1.29 is 15.2 Å². The van der Waals surface area contributed by atoms with Crippen molar-refractivity contribution in [2.45, 2.75) is 44.6 Å². The van der Waals surface area contributed by atoms with Gasteiger partial charge in [-0.25, -0.2) is 0 Å². The van der Waals surface area contributed by atoms with Crippen molar-refractivity contribution in [2.75, 3.05) is 26.6 Å². The number of carbonyl (C=O) groups is 2. The normalized spacial score (nSPS) is 18.4. The van der Waals surface area contributed by atoms with Gasteiger partial charge in [0.1, 0.15) is 18.4 Å². The monoisotopic (exact) mass is 308 g/mol. The number of rotatable bonds is 7. The van der Waals surface area contributed by atoms with Crippen LogP contribution in [0.1, 0.15) is 29.1 Å². The number of aldehydes is 1. The Kier molecular flexibility index (Phi) is 6.71. The summed E-state index contributed by atoms with van der Waals surface area (Å²) >= 11 is 0. The van der Waals surface area contributed by atoms with Crippen LogP contribution in [0.5, 0.6) is 0 Å². The Bertz CT molecular complexity index is 357. The molecule has 0 bridgehead atoms. The van der Waals surface area contributed by atoms with Gasteiger partial charge in [0.05, 0.1) is 0 Å². The van der Waals surface area contributed by atoms with Crippen LogP contribution in [0.4, 0.5) is 0 Å². The summed E-state index contributed by atoms with van der Waals surface area (Å²) in [5.41, 5.74) is 5.49. The molecule has 3 atom stereocenters. The number of likely N-dealkylation sites (N-methyl/N-ethyl adjacent to an activating group) is 1. The molecule has 20 heavy (non-hydrogen) atoms.